The van der Waals surface area contributed by atoms with Crippen molar-refractivity contribution in [1.82, 2.24) is 0 Å². The number of carbonyl (C=O) groups excluding carboxylic acids is 3. The molecule has 1 aromatic carbocycles. The van der Waals surface area contributed by atoms with E-state index < -0.39 is 11.7 Å². The van der Waals surface area contributed by atoms with Crippen molar-refractivity contribution >= 4 is 23.2 Å². The predicted octanol–water partition coefficient (Wildman–Crippen LogP) is 1.42. The number of amides is 1. The standard InChI is InChI=1S/C13H13NO3/c1-7-4-8(2)11-10(5-7)12(16)13(17)14(11)6-9(3)15/h4-5H,6H2,1-3H3. The van der Waals surface area contributed by atoms with Gasteiger partial charge in [-0.2, -0.15) is 0 Å². The molecule has 1 heterocycles. The van der Waals surface area contributed by atoms with E-state index in [2.05, 4.69) is 0 Å². The molecule has 0 fully saturated rings. The minimum absolute atomic E-state index is 0.0402. The number of fused-ring (bicyclic) bond motifs is 1. The van der Waals surface area contributed by atoms with E-state index in [0.717, 1.165) is 11.1 Å². The Morgan fingerprint density at radius 1 is 1.24 bits per heavy atom. The lowest BCUT2D eigenvalue weighted by Crippen LogP contribution is -2.34. The Labute approximate surface area is 99.2 Å². The van der Waals surface area contributed by atoms with Gasteiger partial charge in [-0.3, -0.25) is 19.3 Å². The Morgan fingerprint density at radius 3 is 2.47 bits per heavy atom. The van der Waals surface area contributed by atoms with Gasteiger partial charge in [0.25, 0.3) is 11.7 Å². The number of carbonyl (C=O) groups is 3. The largest absolute Gasteiger partial charge is 0.299 e. The molecular formula is C13H13NO3. The number of rotatable bonds is 2. The molecule has 0 N–H and O–H groups in total. The van der Waals surface area contributed by atoms with Gasteiger partial charge < -0.3 is 0 Å². The third-order valence-corrected chi connectivity index (χ3v) is 2.78. The van der Waals surface area contributed by atoms with Gasteiger partial charge in [-0.1, -0.05) is 6.07 Å². The van der Waals surface area contributed by atoms with Crippen LogP contribution in [-0.4, -0.2) is 24.0 Å². The Bertz CT molecular complexity index is 546. The minimum atomic E-state index is -0.607. The first-order valence-corrected chi connectivity index (χ1v) is 5.38. The van der Waals surface area contributed by atoms with Gasteiger partial charge in [0.1, 0.15) is 5.78 Å². The molecular weight excluding hydrogens is 218 g/mol. The Kier molecular flexibility index (Phi) is 2.58. The molecule has 0 radical (unpaired) electrons. The lowest BCUT2D eigenvalue weighted by atomic mass is 10.0. The van der Waals surface area contributed by atoms with Crippen LogP contribution in [0.4, 0.5) is 5.69 Å². The van der Waals surface area contributed by atoms with Crippen molar-refractivity contribution in [2.24, 2.45) is 0 Å². The molecule has 0 saturated carbocycles. The van der Waals surface area contributed by atoms with Crippen molar-refractivity contribution < 1.29 is 14.4 Å². The van der Waals surface area contributed by atoms with Crippen molar-refractivity contribution in [2.45, 2.75) is 20.8 Å². The summed E-state index contributed by atoms with van der Waals surface area (Å²) in [5.41, 5.74) is 2.78. The number of benzene rings is 1. The molecule has 0 bridgehead atoms. The summed E-state index contributed by atoms with van der Waals surface area (Å²) in [5, 5.41) is 0. The summed E-state index contributed by atoms with van der Waals surface area (Å²) in [6.07, 6.45) is 0. The molecule has 0 saturated heterocycles. The van der Waals surface area contributed by atoms with E-state index in [1.807, 2.05) is 19.9 Å². The predicted molar refractivity (Wildman–Crippen MR) is 63.3 cm³/mol. The molecule has 0 aliphatic carbocycles. The van der Waals surface area contributed by atoms with Crippen molar-refractivity contribution in [2.75, 3.05) is 11.4 Å². The van der Waals surface area contributed by atoms with Crippen LogP contribution in [0.5, 0.6) is 0 Å². The Morgan fingerprint density at radius 2 is 1.88 bits per heavy atom. The van der Waals surface area contributed by atoms with Gasteiger partial charge in [-0.15, -0.1) is 0 Å². The fraction of sp³-hybridized carbons (Fsp3) is 0.308. The van der Waals surface area contributed by atoms with E-state index in [1.54, 1.807) is 6.07 Å². The third-order valence-electron chi connectivity index (χ3n) is 2.78. The zero-order valence-corrected chi connectivity index (χ0v) is 10.0. The fourth-order valence-electron chi connectivity index (χ4n) is 2.20. The molecule has 0 unspecified atom stereocenters. The molecule has 88 valence electrons. The number of nitrogens with zero attached hydrogens (tertiary/aromatic N) is 1. The first kappa shape index (κ1) is 11.5. The van der Waals surface area contributed by atoms with Gasteiger partial charge in [-0.05, 0) is 38.0 Å². The van der Waals surface area contributed by atoms with Crippen molar-refractivity contribution in [3.8, 4) is 0 Å². The highest BCUT2D eigenvalue weighted by Gasteiger charge is 2.37. The molecule has 0 atom stereocenters. The maximum Gasteiger partial charge on any atom is 0.299 e. The highest BCUT2D eigenvalue weighted by atomic mass is 16.2. The molecule has 1 aromatic rings. The maximum atomic E-state index is 11.8. The number of hydrogen-bond donors (Lipinski definition) is 0. The maximum absolute atomic E-state index is 11.8. The van der Waals surface area contributed by atoms with Crippen LogP contribution in [0.3, 0.4) is 0 Å². The first-order valence-electron chi connectivity index (χ1n) is 5.38. The second kappa shape index (κ2) is 3.80. The van der Waals surface area contributed by atoms with E-state index in [4.69, 9.17) is 0 Å². The third kappa shape index (κ3) is 1.75. The van der Waals surface area contributed by atoms with Crippen molar-refractivity contribution in [3.05, 3.63) is 28.8 Å². The van der Waals surface area contributed by atoms with E-state index in [1.165, 1.54) is 11.8 Å². The quantitative estimate of drug-likeness (QED) is 0.723. The molecule has 1 aliphatic heterocycles. The van der Waals surface area contributed by atoms with Gasteiger partial charge in [0, 0.05) is 0 Å². The fourth-order valence-corrected chi connectivity index (χ4v) is 2.20. The van der Waals surface area contributed by atoms with Crippen LogP contribution in [-0.2, 0) is 9.59 Å². The van der Waals surface area contributed by atoms with Crippen LogP contribution in [0.1, 0.15) is 28.4 Å². The van der Waals surface area contributed by atoms with Gasteiger partial charge in [0.15, 0.2) is 0 Å². The summed E-state index contributed by atoms with van der Waals surface area (Å²) < 4.78 is 0. The zero-order chi connectivity index (χ0) is 12.7. The molecule has 2 rings (SSSR count). The molecule has 17 heavy (non-hydrogen) atoms. The summed E-state index contributed by atoms with van der Waals surface area (Å²) in [4.78, 5) is 36.0. The molecule has 1 amide bonds. The van der Waals surface area contributed by atoms with Gasteiger partial charge in [0.05, 0.1) is 17.8 Å². The monoisotopic (exact) mass is 231 g/mol. The average Bonchev–Trinajstić information content (AvgIpc) is 2.43. The van der Waals surface area contributed by atoms with Crippen LogP contribution >= 0.6 is 0 Å². The first-order chi connectivity index (χ1) is 7.91. The van der Waals surface area contributed by atoms with E-state index in [9.17, 15) is 14.4 Å². The highest BCUT2D eigenvalue weighted by Crippen LogP contribution is 2.33. The lowest BCUT2D eigenvalue weighted by molar-refractivity contribution is -0.119. The van der Waals surface area contributed by atoms with Gasteiger partial charge >= 0.3 is 0 Å². The normalized spacial score (nSPS) is 14.2. The molecule has 0 spiro atoms. The molecule has 4 nitrogen and oxygen atoms in total. The second-order valence-corrected chi connectivity index (χ2v) is 4.40. The van der Waals surface area contributed by atoms with E-state index >= 15 is 0 Å². The number of Topliss-reactive ketones (excluding diaryl/α,β-unsaturated/α-hetero) is 2. The van der Waals surface area contributed by atoms with Crippen LogP contribution < -0.4 is 4.90 Å². The average molecular weight is 231 g/mol. The van der Waals surface area contributed by atoms with Crippen molar-refractivity contribution in [1.29, 1.82) is 0 Å². The molecule has 1 aliphatic rings. The van der Waals surface area contributed by atoms with Crippen molar-refractivity contribution in [3.63, 3.8) is 0 Å². The summed E-state index contributed by atoms with van der Waals surface area (Å²) in [6.45, 7) is 5.07. The Hall–Kier alpha value is -1.97. The van der Waals surface area contributed by atoms with Gasteiger partial charge in [-0.25, -0.2) is 0 Å². The topological polar surface area (TPSA) is 54.5 Å². The minimum Gasteiger partial charge on any atom is -0.298 e. The summed E-state index contributed by atoms with van der Waals surface area (Å²) in [6, 6.07) is 3.60. The number of ketones is 2. The molecule has 0 aromatic heterocycles. The molecule has 4 heteroatoms. The lowest BCUT2D eigenvalue weighted by Gasteiger charge is -2.16. The smallest absolute Gasteiger partial charge is 0.298 e. The summed E-state index contributed by atoms with van der Waals surface area (Å²) in [5.74, 6) is -1.27. The SMILES string of the molecule is CC(=O)CN1C(=O)C(=O)c2cc(C)cc(C)c21. The van der Waals surface area contributed by atoms with Gasteiger partial charge in [0.2, 0.25) is 0 Å². The van der Waals surface area contributed by atoms with Crippen LogP contribution in [0, 0.1) is 13.8 Å². The number of aryl methyl sites for hydroxylation is 2. The van der Waals surface area contributed by atoms with Crippen LogP contribution in [0.25, 0.3) is 0 Å². The Balaban J connectivity index is 2.60. The number of hydrogen-bond acceptors (Lipinski definition) is 3. The van der Waals surface area contributed by atoms with E-state index in [0.29, 0.717) is 11.3 Å². The summed E-state index contributed by atoms with van der Waals surface area (Å²) >= 11 is 0. The zero-order valence-electron chi connectivity index (χ0n) is 10.0. The van der Waals surface area contributed by atoms with Crippen LogP contribution in [0.15, 0.2) is 12.1 Å². The van der Waals surface area contributed by atoms with E-state index in [-0.39, 0.29) is 12.3 Å². The van der Waals surface area contributed by atoms with Crippen LogP contribution in [0.2, 0.25) is 0 Å². The summed E-state index contributed by atoms with van der Waals surface area (Å²) in [7, 11) is 0. The second-order valence-electron chi connectivity index (χ2n) is 4.40. The highest BCUT2D eigenvalue weighted by molar-refractivity contribution is 6.52. The number of anilines is 1.